The molecular formula is C22H23N5. The molecule has 4 aromatic rings. The zero-order valence-electron chi connectivity index (χ0n) is 15.8. The lowest BCUT2D eigenvalue weighted by molar-refractivity contribution is 0.403. The van der Waals surface area contributed by atoms with Crippen molar-refractivity contribution in [1.82, 2.24) is 19.3 Å². The van der Waals surface area contributed by atoms with Crippen molar-refractivity contribution in [2.75, 3.05) is 19.4 Å². The second-order valence-corrected chi connectivity index (χ2v) is 7.00. The molecule has 1 N–H and O–H groups in total. The van der Waals surface area contributed by atoms with Gasteiger partial charge in [-0.25, -0.2) is 9.97 Å². The normalized spacial score (nSPS) is 11.3. The van der Waals surface area contributed by atoms with Crippen LogP contribution in [0.4, 0.5) is 11.5 Å². The highest BCUT2D eigenvalue weighted by Crippen LogP contribution is 2.28. The van der Waals surface area contributed by atoms with E-state index in [0.29, 0.717) is 0 Å². The van der Waals surface area contributed by atoms with Crippen molar-refractivity contribution in [3.05, 3.63) is 78.2 Å². The Morgan fingerprint density at radius 1 is 1.00 bits per heavy atom. The van der Waals surface area contributed by atoms with Gasteiger partial charge in [-0.1, -0.05) is 42.0 Å². The third-order valence-corrected chi connectivity index (χ3v) is 4.52. The van der Waals surface area contributed by atoms with Gasteiger partial charge >= 0.3 is 0 Å². The summed E-state index contributed by atoms with van der Waals surface area (Å²) in [4.78, 5) is 11.4. The Labute approximate surface area is 159 Å². The van der Waals surface area contributed by atoms with E-state index in [9.17, 15) is 0 Å². The van der Waals surface area contributed by atoms with Crippen LogP contribution in [-0.2, 0) is 6.54 Å². The number of aryl methyl sites for hydroxylation is 1. The Morgan fingerprint density at radius 3 is 2.56 bits per heavy atom. The highest BCUT2D eigenvalue weighted by Gasteiger charge is 2.13. The van der Waals surface area contributed by atoms with Gasteiger partial charge in [0.2, 0.25) is 0 Å². The van der Waals surface area contributed by atoms with Gasteiger partial charge < -0.3 is 10.2 Å². The maximum Gasteiger partial charge on any atom is 0.180 e. The minimum absolute atomic E-state index is 0.748. The van der Waals surface area contributed by atoms with Crippen molar-refractivity contribution in [1.29, 1.82) is 0 Å². The molecular weight excluding hydrogens is 334 g/mol. The monoisotopic (exact) mass is 357 g/mol. The molecule has 0 fully saturated rings. The van der Waals surface area contributed by atoms with E-state index >= 15 is 0 Å². The number of fused-ring (bicyclic) bond motifs is 1. The molecule has 0 aliphatic carbocycles. The maximum atomic E-state index is 4.69. The molecule has 136 valence electrons. The van der Waals surface area contributed by atoms with E-state index < -0.39 is 0 Å². The second-order valence-electron chi connectivity index (χ2n) is 7.00. The van der Waals surface area contributed by atoms with Crippen LogP contribution in [0.2, 0.25) is 0 Å². The van der Waals surface area contributed by atoms with Crippen LogP contribution in [-0.4, -0.2) is 33.4 Å². The van der Waals surface area contributed by atoms with Crippen LogP contribution in [0.15, 0.2) is 67.1 Å². The van der Waals surface area contributed by atoms with Crippen molar-refractivity contribution in [3.63, 3.8) is 0 Å². The van der Waals surface area contributed by atoms with Crippen molar-refractivity contribution in [3.8, 4) is 11.3 Å². The summed E-state index contributed by atoms with van der Waals surface area (Å²) in [7, 11) is 4.16. The fourth-order valence-corrected chi connectivity index (χ4v) is 3.23. The lowest BCUT2D eigenvalue weighted by Crippen LogP contribution is -2.12. The number of aromatic nitrogens is 3. The first-order valence-electron chi connectivity index (χ1n) is 9.00. The lowest BCUT2D eigenvalue weighted by atomic mass is 10.0. The lowest BCUT2D eigenvalue weighted by Gasteiger charge is -2.16. The fraction of sp³-hybridized carbons (Fsp3) is 0.182. The number of hydrogen-bond donors (Lipinski definition) is 1. The molecule has 0 bridgehead atoms. The topological polar surface area (TPSA) is 45.5 Å². The summed E-state index contributed by atoms with van der Waals surface area (Å²) in [5.41, 5.74) is 6.51. The molecule has 2 heterocycles. The molecule has 2 aromatic heterocycles. The Bertz CT molecular complexity index is 1060. The number of anilines is 2. The molecule has 0 aliphatic rings. The number of hydrogen-bond acceptors (Lipinski definition) is 4. The highest BCUT2D eigenvalue weighted by molar-refractivity contribution is 5.75. The predicted molar refractivity (Wildman–Crippen MR) is 110 cm³/mol. The molecule has 0 saturated carbocycles. The summed E-state index contributed by atoms with van der Waals surface area (Å²) in [6, 6.07) is 16.7. The minimum Gasteiger partial charge on any atom is -0.337 e. The van der Waals surface area contributed by atoms with Crippen LogP contribution in [0.3, 0.4) is 0 Å². The first-order chi connectivity index (χ1) is 13.1. The van der Waals surface area contributed by atoms with Crippen molar-refractivity contribution in [2.24, 2.45) is 0 Å². The standard InChI is InChI=1S/C22H23N5/c1-16-8-10-18(11-9-16)25-21-22-23-12-13-27(22)20(14-24-21)19-7-5-4-6-17(19)15-26(2)3/h4-14H,15H2,1-3H3,(H,24,25). The first kappa shape index (κ1) is 17.2. The van der Waals surface area contributed by atoms with Gasteiger partial charge in [0, 0.05) is 30.2 Å². The molecule has 0 amide bonds. The van der Waals surface area contributed by atoms with Gasteiger partial charge in [-0.15, -0.1) is 0 Å². The second kappa shape index (κ2) is 7.21. The molecule has 4 rings (SSSR count). The number of nitrogens with one attached hydrogen (secondary N) is 1. The van der Waals surface area contributed by atoms with Crippen molar-refractivity contribution < 1.29 is 0 Å². The smallest absolute Gasteiger partial charge is 0.180 e. The van der Waals surface area contributed by atoms with E-state index in [2.05, 4.69) is 94.1 Å². The van der Waals surface area contributed by atoms with Crippen LogP contribution >= 0.6 is 0 Å². The number of nitrogens with zero attached hydrogens (tertiary/aromatic N) is 4. The molecule has 0 saturated heterocycles. The third kappa shape index (κ3) is 3.55. The van der Waals surface area contributed by atoms with Gasteiger partial charge in [0.05, 0.1) is 11.9 Å². The van der Waals surface area contributed by atoms with Gasteiger partial charge in [-0.3, -0.25) is 4.40 Å². The van der Waals surface area contributed by atoms with Gasteiger partial charge in [0.25, 0.3) is 0 Å². The Morgan fingerprint density at radius 2 is 1.78 bits per heavy atom. The van der Waals surface area contributed by atoms with Crippen LogP contribution in [0, 0.1) is 6.92 Å². The molecule has 2 aromatic carbocycles. The zero-order valence-corrected chi connectivity index (χ0v) is 15.8. The van der Waals surface area contributed by atoms with Crippen LogP contribution < -0.4 is 5.32 Å². The molecule has 0 radical (unpaired) electrons. The van der Waals surface area contributed by atoms with Crippen LogP contribution in [0.5, 0.6) is 0 Å². The Balaban J connectivity index is 1.77. The zero-order chi connectivity index (χ0) is 18.8. The first-order valence-corrected chi connectivity index (χ1v) is 9.00. The van der Waals surface area contributed by atoms with E-state index in [1.807, 2.05) is 18.6 Å². The molecule has 27 heavy (non-hydrogen) atoms. The van der Waals surface area contributed by atoms with E-state index in [-0.39, 0.29) is 0 Å². The summed E-state index contributed by atoms with van der Waals surface area (Å²) in [6.45, 7) is 2.95. The van der Waals surface area contributed by atoms with Crippen LogP contribution in [0.1, 0.15) is 11.1 Å². The third-order valence-electron chi connectivity index (χ3n) is 4.52. The number of imidazole rings is 1. The Hall–Kier alpha value is -3.18. The molecule has 0 atom stereocenters. The van der Waals surface area contributed by atoms with Gasteiger partial charge in [0.1, 0.15) is 0 Å². The average molecular weight is 357 g/mol. The average Bonchev–Trinajstić information content (AvgIpc) is 3.14. The SMILES string of the molecule is Cc1ccc(Nc2ncc(-c3ccccc3CN(C)C)n3ccnc23)cc1. The summed E-state index contributed by atoms with van der Waals surface area (Å²) in [5, 5.41) is 3.38. The summed E-state index contributed by atoms with van der Waals surface area (Å²) >= 11 is 0. The minimum atomic E-state index is 0.748. The van der Waals surface area contributed by atoms with E-state index in [1.54, 1.807) is 0 Å². The van der Waals surface area contributed by atoms with Crippen molar-refractivity contribution >= 4 is 17.2 Å². The molecule has 5 heteroatoms. The molecule has 0 spiro atoms. The highest BCUT2D eigenvalue weighted by atomic mass is 15.1. The van der Waals surface area contributed by atoms with Gasteiger partial charge in [0.15, 0.2) is 11.5 Å². The van der Waals surface area contributed by atoms with Gasteiger partial charge in [-0.05, 0) is 38.7 Å². The summed E-state index contributed by atoms with van der Waals surface area (Å²) in [6.07, 6.45) is 5.72. The Kier molecular flexibility index (Phi) is 4.60. The van der Waals surface area contributed by atoms with Gasteiger partial charge in [-0.2, -0.15) is 0 Å². The maximum absolute atomic E-state index is 4.69. The summed E-state index contributed by atoms with van der Waals surface area (Å²) < 4.78 is 2.10. The van der Waals surface area contributed by atoms with Crippen molar-refractivity contribution in [2.45, 2.75) is 13.5 Å². The van der Waals surface area contributed by atoms with E-state index in [1.165, 1.54) is 16.7 Å². The number of rotatable bonds is 5. The van der Waals surface area contributed by atoms with Crippen LogP contribution in [0.25, 0.3) is 16.9 Å². The molecule has 5 nitrogen and oxygen atoms in total. The quantitative estimate of drug-likeness (QED) is 0.571. The molecule has 0 unspecified atom stereocenters. The van der Waals surface area contributed by atoms with E-state index in [0.717, 1.165) is 29.4 Å². The number of benzene rings is 2. The fourth-order valence-electron chi connectivity index (χ4n) is 3.23. The van der Waals surface area contributed by atoms with E-state index in [4.69, 9.17) is 0 Å². The predicted octanol–water partition coefficient (Wildman–Crippen LogP) is 4.51. The largest absolute Gasteiger partial charge is 0.337 e. The molecule has 0 aliphatic heterocycles. The summed E-state index contributed by atoms with van der Waals surface area (Å²) in [5.74, 6) is 0.748.